The molecule has 0 spiro atoms. The maximum atomic E-state index is 12.8. The minimum Gasteiger partial charge on any atom is -0.348 e. The summed E-state index contributed by atoms with van der Waals surface area (Å²) in [6.45, 7) is 2.17. The van der Waals surface area contributed by atoms with Crippen molar-refractivity contribution in [1.82, 2.24) is 5.32 Å². The van der Waals surface area contributed by atoms with E-state index in [1.165, 1.54) is 18.2 Å². The molecule has 3 nitrogen and oxygen atoms in total. The number of carbonyl (C=O) groups is 1. The van der Waals surface area contributed by atoms with E-state index in [1.54, 1.807) is 6.92 Å². The molecule has 0 unspecified atom stereocenters. The molecule has 1 atom stereocenters. The minimum atomic E-state index is -0.384. The molecule has 0 fully saturated rings. The van der Waals surface area contributed by atoms with Crippen LogP contribution in [0.2, 0.25) is 0 Å². The number of nitrogens with two attached hydrogens (primary N) is 1. The quantitative estimate of drug-likeness (QED) is 0.898. The lowest BCUT2D eigenvalue weighted by atomic mass is 10.2. The van der Waals surface area contributed by atoms with Crippen molar-refractivity contribution in [3.63, 3.8) is 0 Å². The zero-order valence-corrected chi connectivity index (χ0v) is 11.1. The lowest BCUT2D eigenvalue weighted by Gasteiger charge is -2.12. The van der Waals surface area contributed by atoms with Gasteiger partial charge in [0, 0.05) is 17.1 Å². The Hall–Kier alpha value is -0.650. The number of nitrogens with one attached hydrogen (secondary N) is 1. The van der Waals surface area contributed by atoms with Crippen molar-refractivity contribution in [2.24, 2.45) is 5.73 Å². The van der Waals surface area contributed by atoms with Crippen molar-refractivity contribution in [3.8, 4) is 0 Å². The van der Waals surface area contributed by atoms with Gasteiger partial charge in [0.05, 0.1) is 5.56 Å². The maximum absolute atomic E-state index is 12.8. The normalized spacial score (nSPS) is 11.5. The number of amides is 1. The molecule has 16 heavy (non-hydrogen) atoms. The standard InChI is InChI=1S/C10H12BrFN2O.ClH/c1-6(5-13)14-10(15)8-3-2-7(12)4-9(8)11;/h2-4,6H,5,13H2,1H3,(H,14,15);1H/t6-;/m0./s1. The van der Waals surface area contributed by atoms with Crippen LogP contribution in [0.15, 0.2) is 22.7 Å². The first-order valence-electron chi connectivity index (χ1n) is 4.50. The van der Waals surface area contributed by atoms with Crippen LogP contribution in [0.25, 0.3) is 0 Å². The average Bonchev–Trinajstić information content (AvgIpc) is 2.17. The van der Waals surface area contributed by atoms with Gasteiger partial charge in [0.15, 0.2) is 0 Å². The van der Waals surface area contributed by atoms with E-state index in [1.807, 2.05) is 0 Å². The number of hydrogen-bond acceptors (Lipinski definition) is 2. The molecule has 0 aliphatic heterocycles. The molecule has 1 aromatic rings. The van der Waals surface area contributed by atoms with Gasteiger partial charge in [-0.15, -0.1) is 12.4 Å². The Kier molecular flexibility index (Phi) is 6.55. The van der Waals surface area contributed by atoms with E-state index < -0.39 is 0 Å². The third-order valence-electron chi connectivity index (χ3n) is 1.91. The summed E-state index contributed by atoms with van der Waals surface area (Å²) >= 11 is 3.13. The van der Waals surface area contributed by atoms with Gasteiger partial charge >= 0.3 is 0 Å². The van der Waals surface area contributed by atoms with Gasteiger partial charge in [-0.2, -0.15) is 0 Å². The van der Waals surface area contributed by atoms with Crippen molar-refractivity contribution >= 4 is 34.2 Å². The second-order valence-corrected chi connectivity index (χ2v) is 4.09. The van der Waals surface area contributed by atoms with Gasteiger partial charge < -0.3 is 11.1 Å². The molecule has 1 amide bonds. The predicted molar refractivity (Wildman–Crippen MR) is 67.3 cm³/mol. The highest BCUT2D eigenvalue weighted by atomic mass is 79.9. The molecule has 1 aromatic carbocycles. The van der Waals surface area contributed by atoms with Crippen molar-refractivity contribution in [3.05, 3.63) is 34.1 Å². The van der Waals surface area contributed by atoms with Gasteiger partial charge in [-0.1, -0.05) is 0 Å². The molecular formula is C10H13BrClFN2O. The number of halogens is 3. The fourth-order valence-corrected chi connectivity index (χ4v) is 1.57. The van der Waals surface area contributed by atoms with Crippen LogP contribution in [-0.2, 0) is 0 Å². The van der Waals surface area contributed by atoms with Crippen LogP contribution in [0.5, 0.6) is 0 Å². The van der Waals surface area contributed by atoms with E-state index in [9.17, 15) is 9.18 Å². The minimum absolute atomic E-state index is 0. The first-order valence-corrected chi connectivity index (χ1v) is 5.30. The van der Waals surface area contributed by atoms with Crippen LogP contribution < -0.4 is 11.1 Å². The second kappa shape index (κ2) is 6.83. The van der Waals surface area contributed by atoms with E-state index in [-0.39, 0.29) is 30.2 Å². The summed E-state index contributed by atoms with van der Waals surface area (Å²) in [6, 6.07) is 3.82. The van der Waals surface area contributed by atoms with Gasteiger partial charge in [-0.25, -0.2) is 4.39 Å². The summed E-state index contributed by atoms with van der Waals surface area (Å²) in [7, 11) is 0. The van der Waals surface area contributed by atoms with Crippen molar-refractivity contribution in [1.29, 1.82) is 0 Å². The number of hydrogen-bond donors (Lipinski definition) is 2. The van der Waals surface area contributed by atoms with Gasteiger partial charge in [-0.3, -0.25) is 4.79 Å². The zero-order chi connectivity index (χ0) is 11.4. The van der Waals surface area contributed by atoms with E-state index in [4.69, 9.17) is 5.73 Å². The fourth-order valence-electron chi connectivity index (χ4n) is 1.03. The highest BCUT2D eigenvalue weighted by molar-refractivity contribution is 9.10. The number of carbonyl (C=O) groups excluding carboxylic acids is 1. The molecule has 0 radical (unpaired) electrons. The molecule has 90 valence electrons. The second-order valence-electron chi connectivity index (χ2n) is 3.23. The summed E-state index contributed by atoms with van der Waals surface area (Å²) < 4.78 is 13.2. The topological polar surface area (TPSA) is 55.1 Å². The highest BCUT2D eigenvalue weighted by Gasteiger charge is 2.12. The van der Waals surface area contributed by atoms with Crippen LogP contribution in [0, 0.1) is 5.82 Å². The predicted octanol–water partition coefficient (Wildman–Crippen LogP) is 2.09. The fraction of sp³-hybridized carbons (Fsp3) is 0.300. The van der Waals surface area contributed by atoms with E-state index >= 15 is 0 Å². The van der Waals surface area contributed by atoms with Crippen LogP contribution in [0.4, 0.5) is 4.39 Å². The summed E-state index contributed by atoms with van der Waals surface area (Å²) in [4.78, 5) is 11.6. The number of rotatable bonds is 3. The Morgan fingerprint density at radius 1 is 1.62 bits per heavy atom. The molecule has 0 aliphatic rings. The average molecular weight is 312 g/mol. The Morgan fingerprint density at radius 2 is 2.25 bits per heavy atom. The molecule has 0 saturated carbocycles. The summed E-state index contributed by atoms with van der Waals surface area (Å²) in [5.41, 5.74) is 5.77. The molecule has 6 heteroatoms. The first-order chi connectivity index (χ1) is 7.04. The summed E-state index contributed by atoms with van der Waals surface area (Å²) in [6.07, 6.45) is 0. The SMILES string of the molecule is C[C@@H](CN)NC(=O)c1ccc(F)cc1Br.Cl. The molecule has 3 N–H and O–H groups in total. The van der Waals surface area contributed by atoms with Crippen LogP contribution in [-0.4, -0.2) is 18.5 Å². The molecule has 0 aliphatic carbocycles. The van der Waals surface area contributed by atoms with E-state index in [0.29, 0.717) is 16.6 Å². The van der Waals surface area contributed by atoms with Crippen molar-refractivity contribution in [2.45, 2.75) is 13.0 Å². The Morgan fingerprint density at radius 3 is 2.75 bits per heavy atom. The molecular weight excluding hydrogens is 298 g/mol. The molecule has 0 heterocycles. The monoisotopic (exact) mass is 310 g/mol. The lowest BCUT2D eigenvalue weighted by Crippen LogP contribution is -2.37. The van der Waals surface area contributed by atoms with Gasteiger partial charge in [-0.05, 0) is 41.1 Å². The third-order valence-corrected chi connectivity index (χ3v) is 2.56. The highest BCUT2D eigenvalue weighted by Crippen LogP contribution is 2.17. The number of benzene rings is 1. The molecule has 0 saturated heterocycles. The first kappa shape index (κ1) is 15.3. The zero-order valence-electron chi connectivity index (χ0n) is 8.67. The molecule has 0 bridgehead atoms. The largest absolute Gasteiger partial charge is 0.348 e. The van der Waals surface area contributed by atoms with E-state index in [0.717, 1.165) is 0 Å². The maximum Gasteiger partial charge on any atom is 0.252 e. The Balaban J connectivity index is 0.00000225. The van der Waals surface area contributed by atoms with Crippen LogP contribution in [0.3, 0.4) is 0 Å². The van der Waals surface area contributed by atoms with Gasteiger partial charge in [0.2, 0.25) is 0 Å². The molecule has 1 rings (SSSR count). The van der Waals surface area contributed by atoms with Crippen LogP contribution >= 0.6 is 28.3 Å². The summed E-state index contributed by atoms with van der Waals surface area (Å²) in [5.74, 6) is -0.648. The third kappa shape index (κ3) is 4.08. The summed E-state index contributed by atoms with van der Waals surface area (Å²) in [5, 5.41) is 2.69. The van der Waals surface area contributed by atoms with Crippen molar-refractivity contribution in [2.75, 3.05) is 6.54 Å². The lowest BCUT2D eigenvalue weighted by molar-refractivity contribution is 0.0940. The van der Waals surface area contributed by atoms with Gasteiger partial charge in [0.25, 0.3) is 5.91 Å². The van der Waals surface area contributed by atoms with Crippen molar-refractivity contribution < 1.29 is 9.18 Å². The van der Waals surface area contributed by atoms with E-state index in [2.05, 4.69) is 21.2 Å². The Bertz CT molecular complexity index is 376. The van der Waals surface area contributed by atoms with Gasteiger partial charge in [0.1, 0.15) is 5.82 Å². The molecule has 0 aromatic heterocycles. The Labute approximate surface area is 108 Å². The van der Waals surface area contributed by atoms with Crippen LogP contribution in [0.1, 0.15) is 17.3 Å². The smallest absolute Gasteiger partial charge is 0.252 e.